The molecule has 0 saturated heterocycles. The van der Waals surface area contributed by atoms with E-state index in [4.69, 9.17) is 0 Å². The van der Waals surface area contributed by atoms with Crippen LogP contribution in [0.25, 0.3) is 0 Å². The van der Waals surface area contributed by atoms with Gasteiger partial charge in [-0.25, -0.2) is 0 Å². The molecule has 2 aromatic rings. The summed E-state index contributed by atoms with van der Waals surface area (Å²) in [4.78, 5) is 11.4. The highest BCUT2D eigenvalue weighted by Gasteiger charge is 2.18. The highest BCUT2D eigenvalue weighted by Crippen LogP contribution is 2.19. The lowest BCUT2D eigenvalue weighted by Gasteiger charge is -2.13. The van der Waals surface area contributed by atoms with E-state index in [0.29, 0.717) is 12.8 Å². The Morgan fingerprint density at radius 2 is 1.20 bits per heavy atom. The number of carboxylic acids is 1. The van der Waals surface area contributed by atoms with Crippen LogP contribution in [0.15, 0.2) is 57.5 Å². The van der Waals surface area contributed by atoms with Gasteiger partial charge in [0, 0.05) is 8.95 Å². The zero-order valence-corrected chi connectivity index (χ0v) is 13.9. The highest BCUT2D eigenvalue weighted by atomic mass is 79.9. The molecule has 0 aromatic heterocycles. The standard InChI is InChI=1S/C16H14Br2O2/c17-14-5-1-11(2-6-14)9-13(16(19)20)10-12-3-7-15(18)8-4-12/h1-8,13H,9-10H2,(H,19,20). The minimum Gasteiger partial charge on any atom is -0.481 e. The number of hydrogen-bond donors (Lipinski definition) is 1. The third-order valence-electron chi connectivity index (χ3n) is 3.14. The monoisotopic (exact) mass is 396 g/mol. The van der Waals surface area contributed by atoms with E-state index in [1.165, 1.54) is 0 Å². The summed E-state index contributed by atoms with van der Waals surface area (Å²) in [6, 6.07) is 15.6. The molecule has 0 heterocycles. The zero-order chi connectivity index (χ0) is 14.5. The Labute approximate surface area is 135 Å². The molecule has 0 fully saturated rings. The third kappa shape index (κ3) is 4.46. The van der Waals surface area contributed by atoms with Gasteiger partial charge in [0.05, 0.1) is 5.92 Å². The summed E-state index contributed by atoms with van der Waals surface area (Å²) < 4.78 is 2.00. The smallest absolute Gasteiger partial charge is 0.307 e. The molecule has 0 radical (unpaired) electrons. The van der Waals surface area contributed by atoms with Crippen LogP contribution in [0, 0.1) is 5.92 Å². The van der Waals surface area contributed by atoms with Gasteiger partial charge in [-0.2, -0.15) is 0 Å². The van der Waals surface area contributed by atoms with Crippen LogP contribution in [-0.2, 0) is 17.6 Å². The van der Waals surface area contributed by atoms with E-state index in [2.05, 4.69) is 31.9 Å². The number of rotatable bonds is 5. The van der Waals surface area contributed by atoms with Crippen LogP contribution in [0.1, 0.15) is 11.1 Å². The molecule has 0 amide bonds. The molecule has 20 heavy (non-hydrogen) atoms. The topological polar surface area (TPSA) is 37.3 Å². The SMILES string of the molecule is O=C(O)C(Cc1ccc(Br)cc1)Cc1ccc(Br)cc1. The summed E-state index contributed by atoms with van der Waals surface area (Å²) >= 11 is 6.76. The van der Waals surface area contributed by atoms with Crippen LogP contribution in [0.4, 0.5) is 0 Å². The first-order chi connectivity index (χ1) is 9.54. The second-order valence-corrected chi connectivity index (χ2v) is 6.53. The number of carbonyl (C=O) groups is 1. The average Bonchev–Trinajstić information content (AvgIpc) is 2.42. The van der Waals surface area contributed by atoms with Crippen LogP contribution < -0.4 is 0 Å². The highest BCUT2D eigenvalue weighted by molar-refractivity contribution is 9.10. The molecule has 0 aliphatic heterocycles. The van der Waals surface area contributed by atoms with Gasteiger partial charge >= 0.3 is 5.97 Å². The Balaban J connectivity index is 2.09. The van der Waals surface area contributed by atoms with Crippen molar-refractivity contribution in [3.8, 4) is 0 Å². The number of carboxylic acid groups (broad SMARTS) is 1. The number of halogens is 2. The maximum absolute atomic E-state index is 11.4. The first kappa shape index (κ1) is 15.3. The number of hydrogen-bond acceptors (Lipinski definition) is 1. The van der Waals surface area contributed by atoms with E-state index in [0.717, 1.165) is 20.1 Å². The summed E-state index contributed by atoms with van der Waals surface area (Å²) in [5, 5.41) is 9.39. The number of benzene rings is 2. The first-order valence-corrected chi connectivity index (χ1v) is 7.85. The van der Waals surface area contributed by atoms with Crippen LogP contribution in [0.2, 0.25) is 0 Å². The van der Waals surface area contributed by atoms with Crippen LogP contribution in [0.3, 0.4) is 0 Å². The molecule has 2 aromatic carbocycles. The Kier molecular flexibility index (Phi) is 5.38. The summed E-state index contributed by atoms with van der Waals surface area (Å²) in [7, 11) is 0. The molecule has 4 heteroatoms. The Bertz CT molecular complexity index is 529. The van der Waals surface area contributed by atoms with Crippen molar-refractivity contribution in [2.24, 2.45) is 5.92 Å². The molecule has 0 saturated carbocycles. The van der Waals surface area contributed by atoms with Crippen molar-refractivity contribution in [2.75, 3.05) is 0 Å². The lowest BCUT2D eigenvalue weighted by Crippen LogP contribution is -2.19. The molecule has 0 unspecified atom stereocenters. The van der Waals surface area contributed by atoms with Crippen molar-refractivity contribution < 1.29 is 9.90 Å². The second kappa shape index (κ2) is 7.04. The van der Waals surface area contributed by atoms with Gasteiger partial charge < -0.3 is 5.11 Å². The zero-order valence-electron chi connectivity index (χ0n) is 10.7. The van der Waals surface area contributed by atoms with E-state index in [1.807, 2.05) is 48.5 Å². The predicted octanol–water partition coefficient (Wildman–Crippen LogP) is 4.70. The minimum atomic E-state index is -0.754. The summed E-state index contributed by atoms with van der Waals surface area (Å²) in [5.41, 5.74) is 2.08. The summed E-state index contributed by atoms with van der Waals surface area (Å²) in [6.07, 6.45) is 1.08. The predicted molar refractivity (Wildman–Crippen MR) is 86.8 cm³/mol. The molecule has 0 aliphatic carbocycles. The van der Waals surface area contributed by atoms with Gasteiger partial charge in [0.1, 0.15) is 0 Å². The second-order valence-electron chi connectivity index (χ2n) is 4.70. The molecule has 0 atom stereocenters. The third-order valence-corrected chi connectivity index (χ3v) is 4.20. The van der Waals surface area contributed by atoms with E-state index in [1.54, 1.807) is 0 Å². The van der Waals surface area contributed by atoms with Crippen LogP contribution in [0.5, 0.6) is 0 Å². The Morgan fingerprint density at radius 1 is 0.850 bits per heavy atom. The normalized spacial score (nSPS) is 10.8. The van der Waals surface area contributed by atoms with E-state index < -0.39 is 11.9 Å². The summed E-state index contributed by atoms with van der Waals surface area (Å²) in [5.74, 6) is -1.16. The largest absolute Gasteiger partial charge is 0.481 e. The molecule has 2 nitrogen and oxygen atoms in total. The molecule has 0 spiro atoms. The van der Waals surface area contributed by atoms with Gasteiger partial charge in [0.25, 0.3) is 0 Å². The van der Waals surface area contributed by atoms with Gasteiger partial charge in [0.2, 0.25) is 0 Å². The fraction of sp³-hybridized carbons (Fsp3) is 0.188. The Morgan fingerprint density at radius 3 is 1.50 bits per heavy atom. The lowest BCUT2D eigenvalue weighted by atomic mass is 9.93. The first-order valence-electron chi connectivity index (χ1n) is 6.26. The van der Waals surface area contributed by atoms with Gasteiger partial charge in [-0.3, -0.25) is 4.79 Å². The van der Waals surface area contributed by atoms with Gasteiger partial charge in [-0.15, -0.1) is 0 Å². The van der Waals surface area contributed by atoms with Crippen molar-refractivity contribution in [3.63, 3.8) is 0 Å². The van der Waals surface area contributed by atoms with E-state index in [-0.39, 0.29) is 0 Å². The van der Waals surface area contributed by atoms with E-state index in [9.17, 15) is 9.90 Å². The van der Waals surface area contributed by atoms with Gasteiger partial charge in [0.15, 0.2) is 0 Å². The fourth-order valence-corrected chi connectivity index (χ4v) is 2.59. The Hall–Kier alpha value is -1.13. The molecule has 104 valence electrons. The quantitative estimate of drug-likeness (QED) is 0.793. The molecule has 2 rings (SSSR count). The average molecular weight is 398 g/mol. The number of aliphatic carboxylic acids is 1. The van der Waals surface area contributed by atoms with Crippen LogP contribution in [-0.4, -0.2) is 11.1 Å². The van der Waals surface area contributed by atoms with Crippen molar-refractivity contribution in [3.05, 3.63) is 68.6 Å². The molecule has 1 N–H and O–H groups in total. The fourth-order valence-electron chi connectivity index (χ4n) is 2.06. The van der Waals surface area contributed by atoms with Gasteiger partial charge in [-0.1, -0.05) is 56.1 Å². The minimum absolute atomic E-state index is 0.405. The van der Waals surface area contributed by atoms with Crippen molar-refractivity contribution in [2.45, 2.75) is 12.8 Å². The molecule has 0 bridgehead atoms. The molecule has 0 aliphatic rings. The van der Waals surface area contributed by atoms with Crippen molar-refractivity contribution in [1.29, 1.82) is 0 Å². The maximum Gasteiger partial charge on any atom is 0.307 e. The van der Waals surface area contributed by atoms with Crippen molar-refractivity contribution in [1.82, 2.24) is 0 Å². The van der Waals surface area contributed by atoms with Crippen molar-refractivity contribution >= 4 is 37.8 Å². The maximum atomic E-state index is 11.4. The van der Waals surface area contributed by atoms with Gasteiger partial charge in [-0.05, 0) is 48.2 Å². The summed E-state index contributed by atoms with van der Waals surface area (Å²) in [6.45, 7) is 0. The lowest BCUT2D eigenvalue weighted by molar-refractivity contribution is -0.141. The molecular formula is C16H14Br2O2. The van der Waals surface area contributed by atoms with E-state index >= 15 is 0 Å². The molecular weight excluding hydrogens is 384 g/mol. The van der Waals surface area contributed by atoms with Crippen LogP contribution >= 0.6 is 31.9 Å².